The number of unbranched alkanes of at least 4 members (excludes halogenated alkanes) is 1. The topological polar surface area (TPSA) is 0 Å². The van der Waals surface area contributed by atoms with Gasteiger partial charge in [0.05, 0.1) is 0 Å². The fourth-order valence-corrected chi connectivity index (χ4v) is 14.7. The number of hydrogen-bond donors (Lipinski definition) is 0. The predicted molar refractivity (Wildman–Crippen MR) is 207 cm³/mol. The normalized spacial score (nSPS) is 20.1. The molecule has 0 aromatic heterocycles. The van der Waals surface area contributed by atoms with Crippen molar-refractivity contribution in [3.8, 4) is 0 Å². The second kappa shape index (κ2) is 16.5. The van der Waals surface area contributed by atoms with Gasteiger partial charge in [0, 0.05) is 9.52 Å². The van der Waals surface area contributed by atoms with Crippen LogP contribution in [0.15, 0.2) is 35.4 Å². The molecule has 0 bridgehead atoms. The minimum absolute atomic E-state index is 0.242. The standard InChI is InChI=1S/C36H49.C4H10Si.C4H9.Ti/c1-12-13-28(35-24(10)14-31-29(22(6)7)16-26(20(2)3)18-33(31)35)36-25(11)15-32-30(23(8)9)17-27(21(4)5)19-34(32)36;1-2-4-5-3-1;1-3-4-2;/h14-23,35-36H,12-13H2,1-11H3;1-5H2;1,3-4H2,2H3;. The van der Waals surface area contributed by atoms with E-state index in [4.69, 9.17) is 0 Å². The van der Waals surface area contributed by atoms with E-state index >= 15 is 0 Å². The van der Waals surface area contributed by atoms with Crippen LogP contribution in [0.3, 0.4) is 0 Å². The van der Waals surface area contributed by atoms with Crippen molar-refractivity contribution in [3.05, 3.63) is 79.9 Å². The van der Waals surface area contributed by atoms with Gasteiger partial charge >= 0.3 is 264 Å². The van der Waals surface area contributed by atoms with Gasteiger partial charge in [-0.25, -0.2) is 0 Å². The molecular weight excluding hydrogens is 604 g/mol. The van der Waals surface area contributed by atoms with E-state index < -0.39 is 0 Å². The van der Waals surface area contributed by atoms with Crippen molar-refractivity contribution in [2.45, 2.75) is 178 Å². The minimum atomic E-state index is -0.242. The van der Waals surface area contributed by atoms with E-state index in [9.17, 15) is 0 Å². The van der Waals surface area contributed by atoms with Crippen molar-refractivity contribution in [3.63, 3.8) is 0 Å². The average Bonchev–Trinajstić information content (AvgIpc) is 3.75. The maximum absolute atomic E-state index is 2.65. The molecule has 0 amide bonds. The van der Waals surface area contributed by atoms with Crippen molar-refractivity contribution >= 4 is 21.7 Å². The summed E-state index contributed by atoms with van der Waals surface area (Å²) in [6.45, 7) is 28.9. The molecule has 2 aromatic rings. The molecule has 0 spiro atoms. The van der Waals surface area contributed by atoms with Gasteiger partial charge in [-0.2, -0.15) is 0 Å². The first-order valence-electron chi connectivity index (χ1n) is 19.3. The Labute approximate surface area is 296 Å². The SMILES string of the molecule is C1CC[SiH2]C1.CCC[CH2][Ti][C](CCC)(C1C(C)=Cc2c(C(C)C)cc(C(C)C)cc21)C1C(C)=Cc2c(C(C)C)cc(C(C)C)cc21. The van der Waals surface area contributed by atoms with E-state index in [1.807, 2.05) is 0 Å². The molecule has 1 aliphatic heterocycles. The third kappa shape index (κ3) is 7.84. The van der Waals surface area contributed by atoms with Crippen LogP contribution < -0.4 is 0 Å². The summed E-state index contributed by atoms with van der Waals surface area (Å²) in [5.74, 6) is 3.22. The third-order valence-corrected chi connectivity index (χ3v) is 16.6. The van der Waals surface area contributed by atoms with E-state index in [1.165, 1.54) is 41.5 Å². The van der Waals surface area contributed by atoms with Gasteiger partial charge in [0.2, 0.25) is 0 Å². The van der Waals surface area contributed by atoms with Gasteiger partial charge in [-0.1, -0.05) is 24.9 Å². The number of allylic oxidation sites excluding steroid dienone is 2. The molecular formula is C44H68SiTi. The van der Waals surface area contributed by atoms with Crippen molar-refractivity contribution in [2.24, 2.45) is 0 Å². The third-order valence-electron chi connectivity index (χ3n) is 11.3. The van der Waals surface area contributed by atoms with E-state index in [-0.39, 0.29) is 19.2 Å². The van der Waals surface area contributed by atoms with E-state index in [1.54, 1.807) is 69.5 Å². The van der Waals surface area contributed by atoms with Crippen LogP contribution in [0.25, 0.3) is 12.2 Å². The molecule has 2 aliphatic carbocycles. The van der Waals surface area contributed by atoms with Gasteiger partial charge in [-0.15, -0.1) is 0 Å². The van der Waals surface area contributed by atoms with E-state index in [2.05, 4.69) is 120 Å². The first-order chi connectivity index (χ1) is 21.9. The summed E-state index contributed by atoms with van der Waals surface area (Å²) in [5.41, 5.74) is 15.9. The van der Waals surface area contributed by atoms with Crippen LogP contribution in [0.5, 0.6) is 0 Å². The second-order valence-corrected chi connectivity index (χ2v) is 21.2. The average molecular weight is 673 g/mol. The van der Waals surface area contributed by atoms with Crippen LogP contribution >= 0.6 is 0 Å². The first kappa shape index (κ1) is 37.7. The number of hydrogen-bond acceptors (Lipinski definition) is 0. The monoisotopic (exact) mass is 672 g/mol. The van der Waals surface area contributed by atoms with Gasteiger partial charge in [0.25, 0.3) is 0 Å². The molecule has 0 nitrogen and oxygen atoms in total. The van der Waals surface area contributed by atoms with Gasteiger partial charge in [0.15, 0.2) is 0 Å². The molecule has 5 rings (SSSR count). The zero-order valence-electron chi connectivity index (χ0n) is 32.0. The molecule has 1 heterocycles. The Balaban J connectivity index is 0.000000874. The van der Waals surface area contributed by atoms with Crippen LogP contribution in [0.1, 0.15) is 202 Å². The van der Waals surface area contributed by atoms with Gasteiger partial charge < -0.3 is 0 Å². The summed E-state index contributed by atoms with van der Waals surface area (Å²) in [6, 6.07) is 13.7. The summed E-state index contributed by atoms with van der Waals surface area (Å²) in [6.07, 6.45) is 13.6. The van der Waals surface area contributed by atoms with Gasteiger partial charge in [0.1, 0.15) is 0 Å². The summed E-state index contributed by atoms with van der Waals surface area (Å²) in [5, 5.41) is 0. The molecule has 2 atom stereocenters. The first-order valence-corrected chi connectivity index (χ1v) is 23.2. The molecule has 2 unspecified atom stereocenters. The Hall–Kier alpha value is -1.15. The fraction of sp³-hybridized carbons (Fsp3) is 0.636. The predicted octanol–water partition coefficient (Wildman–Crippen LogP) is 13.9. The summed E-state index contributed by atoms with van der Waals surface area (Å²) in [4.78, 5) is 0. The molecule has 0 N–H and O–H groups in total. The van der Waals surface area contributed by atoms with Crippen molar-refractivity contribution in [1.82, 2.24) is 0 Å². The molecule has 2 heteroatoms. The van der Waals surface area contributed by atoms with E-state index in [0.29, 0.717) is 48.7 Å². The van der Waals surface area contributed by atoms with Crippen LogP contribution in [0.2, 0.25) is 20.5 Å². The van der Waals surface area contributed by atoms with Crippen LogP contribution in [0, 0.1) is 0 Å². The fourth-order valence-electron chi connectivity index (χ4n) is 8.90. The molecule has 46 heavy (non-hydrogen) atoms. The van der Waals surface area contributed by atoms with Crippen LogP contribution in [-0.4, -0.2) is 9.52 Å². The van der Waals surface area contributed by atoms with Crippen molar-refractivity contribution in [1.29, 1.82) is 0 Å². The summed E-state index contributed by atoms with van der Waals surface area (Å²) < 4.78 is 1.74. The summed E-state index contributed by atoms with van der Waals surface area (Å²) >= 11 is -0.242. The van der Waals surface area contributed by atoms with Gasteiger partial charge in [-0.3, -0.25) is 0 Å². The van der Waals surface area contributed by atoms with Crippen LogP contribution in [-0.2, 0) is 19.2 Å². The number of benzene rings is 2. The zero-order chi connectivity index (χ0) is 33.8. The molecule has 1 fully saturated rings. The Morgan fingerprint density at radius 3 is 1.46 bits per heavy atom. The number of rotatable bonds is 12. The van der Waals surface area contributed by atoms with E-state index in [0.717, 1.165) is 0 Å². The Kier molecular flexibility index (Phi) is 13.5. The molecule has 0 radical (unpaired) electrons. The Morgan fingerprint density at radius 2 is 1.13 bits per heavy atom. The van der Waals surface area contributed by atoms with Crippen molar-refractivity contribution < 1.29 is 19.2 Å². The maximum atomic E-state index is 2.65. The van der Waals surface area contributed by atoms with Gasteiger partial charge in [-0.05, 0) is 0 Å². The molecule has 0 saturated carbocycles. The Bertz CT molecular complexity index is 1280. The molecule has 3 aliphatic rings. The molecule has 2 aromatic carbocycles. The van der Waals surface area contributed by atoms with Crippen molar-refractivity contribution in [2.75, 3.05) is 0 Å². The number of fused-ring (bicyclic) bond motifs is 2. The Morgan fingerprint density at radius 1 is 0.674 bits per heavy atom. The molecule has 1 saturated heterocycles. The van der Waals surface area contributed by atoms with Crippen LogP contribution in [0.4, 0.5) is 0 Å². The summed E-state index contributed by atoms with van der Waals surface area (Å²) in [7, 11) is 0.543. The quantitative estimate of drug-likeness (QED) is 0.155. The zero-order valence-corrected chi connectivity index (χ0v) is 35.0. The second-order valence-electron chi connectivity index (χ2n) is 16.3. The molecule has 252 valence electrons.